The molecule has 1 fully saturated rings. The molecule has 0 spiro atoms. The van der Waals surface area contributed by atoms with Crippen molar-refractivity contribution in [3.63, 3.8) is 0 Å². The number of morpholine rings is 1. The summed E-state index contributed by atoms with van der Waals surface area (Å²) in [6.07, 6.45) is 2.48. The van der Waals surface area contributed by atoms with Crippen molar-refractivity contribution in [1.29, 1.82) is 0 Å². The first kappa shape index (κ1) is 30.3. The Balaban J connectivity index is 0.00000141. The van der Waals surface area contributed by atoms with E-state index in [1.807, 2.05) is 50.0 Å². The van der Waals surface area contributed by atoms with Gasteiger partial charge >= 0.3 is 0 Å². The highest BCUT2D eigenvalue weighted by atomic mass is 16.5. The van der Waals surface area contributed by atoms with E-state index in [1.54, 1.807) is 5.48 Å². The van der Waals surface area contributed by atoms with Crippen molar-refractivity contribution in [2.24, 2.45) is 17.0 Å². The number of carbonyl (C=O) groups is 1. The lowest BCUT2D eigenvalue weighted by molar-refractivity contribution is -0.124. The van der Waals surface area contributed by atoms with Gasteiger partial charge in [0.25, 0.3) is 5.91 Å². The number of ether oxygens (including phenoxy) is 2. The van der Waals surface area contributed by atoms with Gasteiger partial charge in [-0.15, -0.1) is 0 Å². The van der Waals surface area contributed by atoms with Crippen molar-refractivity contribution in [1.82, 2.24) is 30.3 Å². The van der Waals surface area contributed by atoms with Crippen LogP contribution in [0, 0.1) is 0 Å². The third-order valence-corrected chi connectivity index (χ3v) is 5.61. The fraction of sp³-hybridized carbons (Fsp3) is 0.385. The predicted octanol–water partition coefficient (Wildman–Crippen LogP) is 0.734. The van der Waals surface area contributed by atoms with Crippen LogP contribution in [0.15, 0.2) is 46.0 Å². The van der Waals surface area contributed by atoms with Gasteiger partial charge in [-0.05, 0) is 32.9 Å². The second-order valence-electron chi connectivity index (χ2n) is 8.51. The molecule has 0 radical (unpaired) electrons. The molecular weight excluding hydrogens is 518 g/mol. The van der Waals surface area contributed by atoms with Crippen LogP contribution in [-0.4, -0.2) is 102 Å². The Morgan fingerprint density at radius 1 is 1.25 bits per heavy atom. The maximum absolute atomic E-state index is 11.7. The van der Waals surface area contributed by atoms with E-state index in [0.717, 1.165) is 5.56 Å². The Hall–Kier alpha value is -4.24. The summed E-state index contributed by atoms with van der Waals surface area (Å²) in [6.45, 7) is 6.04. The zero-order valence-electron chi connectivity index (χ0n) is 22.9. The second-order valence-corrected chi connectivity index (χ2v) is 8.51. The first-order valence-corrected chi connectivity index (χ1v) is 12.6. The van der Waals surface area contributed by atoms with Crippen molar-refractivity contribution in [2.45, 2.75) is 6.54 Å². The maximum Gasteiger partial charge on any atom is 0.277 e. The van der Waals surface area contributed by atoms with Gasteiger partial charge in [-0.2, -0.15) is 0 Å². The van der Waals surface area contributed by atoms with E-state index in [4.69, 9.17) is 34.7 Å². The molecule has 0 aliphatic carbocycles. The number of nitrogens with zero attached hydrogens (tertiary/aromatic N) is 7. The molecule has 3 aromatic rings. The van der Waals surface area contributed by atoms with Gasteiger partial charge in [0, 0.05) is 38.1 Å². The number of hydrogen-bond acceptors (Lipinski definition) is 12. The van der Waals surface area contributed by atoms with E-state index in [-0.39, 0.29) is 25.3 Å². The molecule has 4 N–H and O–H groups in total. The molecule has 0 saturated carbocycles. The van der Waals surface area contributed by atoms with Crippen molar-refractivity contribution in [3.8, 4) is 17.1 Å². The van der Waals surface area contributed by atoms with E-state index < -0.39 is 5.91 Å². The number of aryl methyl sites for hydroxylation is 1. The number of hydrogen-bond donors (Lipinski definition) is 4. The van der Waals surface area contributed by atoms with Crippen LogP contribution in [-0.2, 0) is 23.1 Å². The Kier molecular flexibility index (Phi) is 11.6. The Labute approximate surface area is 232 Å². The van der Waals surface area contributed by atoms with E-state index in [1.165, 1.54) is 12.4 Å². The van der Waals surface area contributed by atoms with Gasteiger partial charge in [0.1, 0.15) is 18.2 Å². The number of aromatic nitrogens is 4. The SMILES string of the molecule is C=N/C=C(\C=NCc1nc2c(N3CCOCC3)nc(-c3cccc(OCCO)c3)nc2n1C)C(=O)NO.CNC. The molecule has 14 nitrogen and oxygen atoms in total. The molecule has 0 bridgehead atoms. The molecule has 3 heterocycles. The number of aliphatic imine (C=N–C) groups is 2. The van der Waals surface area contributed by atoms with Gasteiger partial charge in [-0.1, -0.05) is 12.1 Å². The maximum atomic E-state index is 11.7. The topological polar surface area (TPSA) is 172 Å². The zero-order valence-corrected chi connectivity index (χ0v) is 22.9. The Bertz CT molecular complexity index is 1350. The Morgan fingerprint density at radius 2 is 2.00 bits per heavy atom. The van der Waals surface area contributed by atoms with Gasteiger partial charge < -0.3 is 29.4 Å². The molecule has 1 amide bonds. The van der Waals surface area contributed by atoms with Crippen LogP contribution in [0.25, 0.3) is 22.6 Å². The van der Waals surface area contributed by atoms with Gasteiger partial charge in [0.05, 0.1) is 31.9 Å². The molecule has 214 valence electrons. The van der Waals surface area contributed by atoms with E-state index in [9.17, 15) is 4.79 Å². The van der Waals surface area contributed by atoms with Gasteiger partial charge in [-0.25, -0.2) is 20.4 Å². The first-order valence-electron chi connectivity index (χ1n) is 12.6. The van der Waals surface area contributed by atoms with E-state index in [2.05, 4.69) is 26.9 Å². The van der Waals surface area contributed by atoms with Crippen molar-refractivity contribution >= 4 is 35.8 Å². The van der Waals surface area contributed by atoms with Crippen LogP contribution in [0.2, 0.25) is 0 Å². The third-order valence-electron chi connectivity index (χ3n) is 5.61. The minimum Gasteiger partial charge on any atom is -0.491 e. The lowest BCUT2D eigenvalue weighted by atomic mass is 10.2. The lowest BCUT2D eigenvalue weighted by Gasteiger charge is -2.28. The minimum atomic E-state index is -0.753. The van der Waals surface area contributed by atoms with Gasteiger partial charge in [0.15, 0.2) is 22.8 Å². The first-order chi connectivity index (χ1) is 19.5. The van der Waals surface area contributed by atoms with Crippen molar-refractivity contribution in [2.75, 3.05) is 58.5 Å². The summed E-state index contributed by atoms with van der Waals surface area (Å²) in [7, 11) is 5.59. The third kappa shape index (κ3) is 7.66. The average molecular weight is 554 g/mol. The number of carbonyl (C=O) groups excluding carboxylic acids is 1. The van der Waals surface area contributed by atoms with Crippen LogP contribution in [0.3, 0.4) is 0 Å². The van der Waals surface area contributed by atoms with Crippen LogP contribution in [0.5, 0.6) is 5.75 Å². The molecule has 14 heteroatoms. The number of anilines is 1. The molecule has 4 rings (SSSR count). The van der Waals surface area contributed by atoms with Crippen molar-refractivity contribution < 1.29 is 24.6 Å². The number of rotatable bonds is 10. The minimum absolute atomic E-state index is 0.0376. The fourth-order valence-corrected chi connectivity index (χ4v) is 3.79. The number of hydroxylamine groups is 1. The Morgan fingerprint density at radius 3 is 2.67 bits per heavy atom. The molecule has 0 unspecified atom stereocenters. The summed E-state index contributed by atoms with van der Waals surface area (Å²) in [5.74, 6) is 1.64. The highest BCUT2D eigenvalue weighted by Gasteiger charge is 2.22. The molecule has 40 heavy (non-hydrogen) atoms. The molecule has 1 aliphatic rings. The summed E-state index contributed by atoms with van der Waals surface area (Å²) >= 11 is 0. The molecule has 2 aromatic heterocycles. The summed E-state index contributed by atoms with van der Waals surface area (Å²) in [5.41, 5.74) is 3.59. The number of nitrogens with one attached hydrogen (secondary N) is 2. The zero-order chi connectivity index (χ0) is 28.9. The smallest absolute Gasteiger partial charge is 0.277 e. The van der Waals surface area contributed by atoms with E-state index >= 15 is 0 Å². The van der Waals surface area contributed by atoms with Crippen LogP contribution < -0.4 is 20.4 Å². The number of benzene rings is 1. The number of aliphatic hydroxyl groups excluding tert-OH is 1. The molecule has 0 atom stereocenters. The fourth-order valence-electron chi connectivity index (χ4n) is 3.79. The molecule has 1 aliphatic heterocycles. The molecular formula is C26H35N9O5. The summed E-state index contributed by atoms with van der Waals surface area (Å²) < 4.78 is 12.9. The van der Waals surface area contributed by atoms with Gasteiger partial charge in [0.2, 0.25) is 0 Å². The van der Waals surface area contributed by atoms with Crippen molar-refractivity contribution in [3.05, 3.63) is 41.9 Å². The predicted molar refractivity (Wildman–Crippen MR) is 152 cm³/mol. The number of imidazole rings is 1. The number of amides is 1. The van der Waals surface area contributed by atoms with E-state index in [0.29, 0.717) is 60.7 Å². The average Bonchev–Trinajstić information content (AvgIpc) is 3.30. The standard InChI is InChI=1S/C24H28N8O5.C2H7N/c1-25-13-17(24(34)30-35)14-26-15-19-27-20-22(31(19)2)28-21(29-23(20)32-6-9-36-10-7-32)16-4-3-5-18(12-16)37-11-8-33;1-3-2/h3-5,12-14,33,35H,1,6-11,15H2,2H3,(H,30,34);3H,1-2H3/b17-13+,26-14?;. The summed E-state index contributed by atoms with van der Waals surface area (Å²) in [4.78, 5) is 36.1. The number of aliphatic hydroxyl groups is 1. The normalized spacial score (nSPS) is 13.7. The summed E-state index contributed by atoms with van der Waals surface area (Å²) in [6, 6.07) is 7.38. The second kappa shape index (κ2) is 15.4. The highest BCUT2D eigenvalue weighted by molar-refractivity contribution is 6.11. The highest BCUT2D eigenvalue weighted by Crippen LogP contribution is 2.29. The van der Waals surface area contributed by atoms with Gasteiger partial charge in [-0.3, -0.25) is 20.0 Å². The quantitative estimate of drug-likeness (QED) is 0.121. The van der Waals surface area contributed by atoms with Crippen LogP contribution >= 0.6 is 0 Å². The molecule has 1 aromatic carbocycles. The number of fused-ring (bicyclic) bond motifs is 1. The summed E-state index contributed by atoms with van der Waals surface area (Å²) in [5, 5.41) is 20.7. The monoisotopic (exact) mass is 553 g/mol. The molecule has 1 saturated heterocycles. The lowest BCUT2D eigenvalue weighted by Crippen LogP contribution is -2.37. The largest absolute Gasteiger partial charge is 0.491 e. The van der Waals surface area contributed by atoms with Crippen LogP contribution in [0.1, 0.15) is 5.82 Å². The van der Waals surface area contributed by atoms with Crippen LogP contribution in [0.4, 0.5) is 5.82 Å².